The summed E-state index contributed by atoms with van der Waals surface area (Å²) in [6.45, 7) is 0. The normalized spacial score (nSPS) is 11.4. The van der Waals surface area contributed by atoms with E-state index in [1.807, 2.05) is 0 Å². The molecule has 596 valence electrons. The fraction of sp³-hybridized carbons (Fsp3) is 0. The fourth-order valence-electron chi connectivity index (χ4n) is 19.7. The summed E-state index contributed by atoms with van der Waals surface area (Å²) >= 11 is 0. The first-order chi connectivity index (χ1) is 63.4. The highest BCUT2D eigenvalue weighted by Gasteiger charge is 2.13. The van der Waals surface area contributed by atoms with Gasteiger partial charge in [0.2, 0.25) is 0 Å². The van der Waals surface area contributed by atoms with Crippen molar-refractivity contribution in [3.63, 3.8) is 0 Å². The molecular weight excluding hydrogens is 1540 g/mol. The quantitative estimate of drug-likeness (QED) is 0.105. The Balaban J connectivity index is 0.0000000858. The lowest BCUT2D eigenvalue weighted by Gasteiger charge is -2.09. The number of fused-ring (bicyclic) bond motifs is 26. The molecule has 0 saturated heterocycles. The average molecular weight is 1620 g/mol. The predicted molar refractivity (Wildman–Crippen MR) is 561 cm³/mol. The van der Waals surface area contributed by atoms with Crippen molar-refractivity contribution in [2.45, 2.75) is 0 Å². The number of hydrogen-bond donors (Lipinski definition) is 0. The third kappa shape index (κ3) is 14.6. The number of benzene rings is 29. The second kappa shape index (κ2) is 33.2. The van der Waals surface area contributed by atoms with E-state index >= 15 is 0 Å². The van der Waals surface area contributed by atoms with Crippen molar-refractivity contribution < 1.29 is 0 Å². The molecule has 29 rings (SSSR count). The lowest BCUT2D eigenvalue weighted by atomic mass is 9.95. The average Bonchev–Trinajstić information content (AvgIpc) is 0.740. The Bertz CT molecular complexity index is 8670. The first kappa shape index (κ1) is 76.3. The summed E-state index contributed by atoms with van der Waals surface area (Å²) in [5.74, 6) is 0. The summed E-state index contributed by atoms with van der Waals surface area (Å²) in [6.07, 6.45) is 0. The van der Waals surface area contributed by atoms with Crippen molar-refractivity contribution in [3.8, 4) is 0 Å². The van der Waals surface area contributed by atoms with Crippen LogP contribution in [0.25, 0.3) is 237 Å². The molecule has 0 amide bonds. The monoisotopic (exact) mass is 1620 g/mol. The smallest absolute Gasteiger partial charge is 0.00268 e. The van der Waals surface area contributed by atoms with Crippen molar-refractivity contribution in [2.24, 2.45) is 0 Å². The van der Waals surface area contributed by atoms with Gasteiger partial charge in [-0.15, -0.1) is 0 Å². The van der Waals surface area contributed by atoms with Gasteiger partial charge in [-0.25, -0.2) is 0 Å². The molecule has 0 spiro atoms. The van der Waals surface area contributed by atoms with Crippen LogP contribution in [-0.2, 0) is 0 Å². The van der Waals surface area contributed by atoms with Crippen LogP contribution < -0.4 is 0 Å². The Kier molecular flexibility index (Phi) is 19.8. The molecule has 0 fully saturated rings. The first-order valence-corrected chi connectivity index (χ1v) is 44.3. The Morgan fingerprint density at radius 2 is 0.203 bits per heavy atom. The molecule has 0 unspecified atom stereocenters. The zero-order valence-electron chi connectivity index (χ0n) is 70.5. The van der Waals surface area contributed by atoms with E-state index in [1.54, 1.807) is 0 Å². The standard InChI is InChI=1S/2C22H14.3C18H12.C16H10.C14H10/c1-3-7-19-15(5-1)9-11-17-14-22-18(13-21(17)19)12-10-16-6-2-4-8-20(16)22;1-3-7-19-15(5-1)9-11-17-13-18-12-10-16-6-2-4-8-20(16)22(18)14-21(17)19;1-3-7-16-13(5-1)9-11-15-12-10-14-6-2-4-8-17(14)18(15)16;1-2-7-15-12-18-16(11-14(15)6-1)10-9-13-5-3-4-8-17(13)18;1-2-6-14-10-18-12-16-8-4-3-7-15(16)11-17(18)9-13(14)5-1;1-3-11-7-9-13-5-2-6-14-10-8-12(4-1)15(11)16(13)14;1-2-6-12-10-14-8-4-3-7-13(14)9-11(12)5-1/h2*1-14H;3*1-12H;1-10H;1-10H. The van der Waals surface area contributed by atoms with Crippen molar-refractivity contribution in [1.29, 1.82) is 0 Å². The van der Waals surface area contributed by atoms with Gasteiger partial charge in [0.15, 0.2) is 0 Å². The summed E-state index contributed by atoms with van der Waals surface area (Å²) in [6, 6.07) is 183. The van der Waals surface area contributed by atoms with Crippen molar-refractivity contribution in [3.05, 3.63) is 510 Å². The van der Waals surface area contributed by atoms with Gasteiger partial charge < -0.3 is 0 Å². The minimum absolute atomic E-state index is 1.30. The van der Waals surface area contributed by atoms with Crippen LogP contribution in [0.4, 0.5) is 0 Å². The molecular formula is C128H84. The number of hydrogen-bond acceptors (Lipinski definition) is 0. The molecule has 0 heteroatoms. The van der Waals surface area contributed by atoms with Gasteiger partial charge in [-0.1, -0.05) is 437 Å². The molecule has 0 bridgehead atoms. The second-order valence-electron chi connectivity index (χ2n) is 33.7. The molecule has 0 nitrogen and oxygen atoms in total. The molecule has 0 aliphatic heterocycles. The van der Waals surface area contributed by atoms with Gasteiger partial charge in [-0.05, 0) is 310 Å². The molecule has 128 heavy (non-hydrogen) atoms. The molecule has 0 aromatic heterocycles. The predicted octanol–water partition coefficient (Wildman–Crippen LogP) is 36.6. The van der Waals surface area contributed by atoms with Gasteiger partial charge in [0.05, 0.1) is 0 Å². The summed E-state index contributed by atoms with van der Waals surface area (Å²) < 4.78 is 0. The van der Waals surface area contributed by atoms with Crippen LogP contribution in [-0.4, -0.2) is 0 Å². The van der Waals surface area contributed by atoms with E-state index in [9.17, 15) is 0 Å². The van der Waals surface area contributed by atoms with E-state index < -0.39 is 0 Å². The van der Waals surface area contributed by atoms with Crippen LogP contribution in [0.2, 0.25) is 0 Å². The van der Waals surface area contributed by atoms with Crippen molar-refractivity contribution in [1.82, 2.24) is 0 Å². The molecule has 0 radical (unpaired) electrons. The Labute approximate surface area is 741 Å². The van der Waals surface area contributed by atoms with E-state index in [-0.39, 0.29) is 0 Å². The van der Waals surface area contributed by atoms with Crippen molar-refractivity contribution in [2.75, 3.05) is 0 Å². The van der Waals surface area contributed by atoms with Crippen LogP contribution in [0.1, 0.15) is 0 Å². The van der Waals surface area contributed by atoms with E-state index in [1.165, 1.54) is 237 Å². The van der Waals surface area contributed by atoms with Gasteiger partial charge in [0, 0.05) is 0 Å². The highest BCUT2D eigenvalue weighted by molar-refractivity contribution is 6.25. The summed E-state index contributed by atoms with van der Waals surface area (Å²) in [4.78, 5) is 0. The number of rotatable bonds is 0. The molecule has 0 aliphatic carbocycles. The first-order valence-electron chi connectivity index (χ1n) is 44.3. The van der Waals surface area contributed by atoms with Crippen LogP contribution in [0.15, 0.2) is 510 Å². The summed E-state index contributed by atoms with van der Waals surface area (Å²) in [7, 11) is 0. The summed E-state index contributed by atoms with van der Waals surface area (Å²) in [5, 5.41) is 58.2. The van der Waals surface area contributed by atoms with Gasteiger partial charge in [0.1, 0.15) is 0 Å². The molecule has 0 aliphatic rings. The Morgan fingerprint density at radius 3 is 0.461 bits per heavy atom. The lowest BCUT2D eigenvalue weighted by Crippen LogP contribution is -1.82. The van der Waals surface area contributed by atoms with Crippen LogP contribution in [0.5, 0.6) is 0 Å². The third-order valence-corrected chi connectivity index (χ3v) is 26.0. The molecule has 0 N–H and O–H groups in total. The van der Waals surface area contributed by atoms with E-state index in [0.29, 0.717) is 0 Å². The van der Waals surface area contributed by atoms with Gasteiger partial charge in [-0.2, -0.15) is 0 Å². The second-order valence-corrected chi connectivity index (χ2v) is 33.7. The van der Waals surface area contributed by atoms with E-state index in [0.717, 1.165) is 0 Å². The van der Waals surface area contributed by atoms with Crippen LogP contribution in [0, 0.1) is 0 Å². The maximum Gasteiger partial charge on any atom is -0.00268 e. The van der Waals surface area contributed by atoms with E-state index in [2.05, 4.69) is 510 Å². The summed E-state index contributed by atoms with van der Waals surface area (Å²) in [5.41, 5.74) is 0. The molecule has 0 atom stereocenters. The van der Waals surface area contributed by atoms with Gasteiger partial charge >= 0.3 is 0 Å². The lowest BCUT2D eigenvalue weighted by molar-refractivity contribution is 1.76. The zero-order chi connectivity index (χ0) is 84.8. The maximum absolute atomic E-state index is 2.36. The largest absolute Gasteiger partial charge is 0.0616 e. The minimum Gasteiger partial charge on any atom is -0.0616 e. The molecule has 0 heterocycles. The SMILES string of the molecule is c1cc2ccc3cccc4ccc(c1)c2c34.c1ccc2c(c1)ccc1cc3c(ccc4ccccc43)cc12.c1ccc2c(c1)ccc1cc3ccc4ccccc4c3cc12.c1ccc2c(c1)ccc1ccc3ccccc3c12.c1ccc2cc3c(ccc4ccccc43)cc2c1.c1ccc2cc3cc4ccccc4cc3cc2c1.c1ccc2cc3ccccc3cc2c1. The highest BCUT2D eigenvalue weighted by atomic mass is 14.2. The van der Waals surface area contributed by atoms with Gasteiger partial charge in [0.25, 0.3) is 0 Å². The molecule has 0 saturated carbocycles. The molecule has 29 aromatic carbocycles. The fourth-order valence-corrected chi connectivity index (χ4v) is 19.7. The third-order valence-electron chi connectivity index (χ3n) is 26.0. The van der Waals surface area contributed by atoms with E-state index in [4.69, 9.17) is 0 Å². The maximum atomic E-state index is 2.36. The van der Waals surface area contributed by atoms with Crippen LogP contribution in [0.3, 0.4) is 0 Å². The minimum atomic E-state index is 1.30. The Hall–Kier alpha value is -16.6. The Morgan fingerprint density at radius 1 is 0.0625 bits per heavy atom. The van der Waals surface area contributed by atoms with Crippen molar-refractivity contribution >= 4 is 237 Å². The van der Waals surface area contributed by atoms with Gasteiger partial charge in [-0.3, -0.25) is 0 Å². The topological polar surface area (TPSA) is 0 Å². The van der Waals surface area contributed by atoms with Crippen LogP contribution >= 0.6 is 0 Å². The zero-order valence-corrected chi connectivity index (χ0v) is 70.5. The highest BCUT2D eigenvalue weighted by Crippen LogP contribution is 2.40. The molecule has 29 aromatic rings.